The topological polar surface area (TPSA) is 32.3 Å². The maximum absolute atomic E-state index is 14.4. The van der Waals surface area contributed by atoms with Crippen molar-refractivity contribution in [1.82, 2.24) is 5.32 Å². The summed E-state index contributed by atoms with van der Waals surface area (Å²) >= 11 is 3.46. The van der Waals surface area contributed by atoms with E-state index in [1.807, 2.05) is 12.1 Å². The number of rotatable bonds is 2. The largest absolute Gasteiger partial charge is 0.387 e. The minimum atomic E-state index is -0.837. The van der Waals surface area contributed by atoms with Crippen LogP contribution in [0.4, 0.5) is 4.39 Å². The van der Waals surface area contributed by atoms with Crippen molar-refractivity contribution in [2.75, 3.05) is 24.6 Å². The number of halogens is 1. The molecule has 0 aliphatic carbocycles. The minimum absolute atomic E-state index is 0.193. The second-order valence-corrected chi connectivity index (χ2v) is 8.31. The number of hydrogen-bond donors (Lipinski definition) is 2. The van der Waals surface area contributed by atoms with Gasteiger partial charge in [0.1, 0.15) is 9.90 Å². The zero-order valence-electron chi connectivity index (χ0n) is 11.4. The van der Waals surface area contributed by atoms with Crippen molar-refractivity contribution >= 4 is 23.5 Å². The van der Waals surface area contributed by atoms with Gasteiger partial charge < -0.3 is 10.4 Å². The molecule has 5 heteroatoms. The van der Waals surface area contributed by atoms with Crippen LogP contribution in [0.15, 0.2) is 24.3 Å². The summed E-state index contributed by atoms with van der Waals surface area (Å²) in [5, 5.41) is 14.6. The molecule has 2 saturated heterocycles. The molecule has 0 spiro atoms. The molecule has 110 valence electrons. The van der Waals surface area contributed by atoms with E-state index in [1.165, 1.54) is 6.07 Å². The summed E-state index contributed by atoms with van der Waals surface area (Å²) in [5.74, 6) is 1.77. The smallest absolute Gasteiger partial charge is 0.128 e. The Morgan fingerprint density at radius 1 is 1.10 bits per heavy atom. The highest BCUT2D eigenvalue weighted by molar-refractivity contribution is 8.18. The molecule has 2 aliphatic heterocycles. The highest BCUT2D eigenvalue weighted by Crippen LogP contribution is 2.59. The van der Waals surface area contributed by atoms with Gasteiger partial charge in [-0.05, 0) is 49.9 Å². The van der Waals surface area contributed by atoms with Gasteiger partial charge in [-0.3, -0.25) is 0 Å². The van der Waals surface area contributed by atoms with Gasteiger partial charge in [0.25, 0.3) is 0 Å². The Kier molecular flexibility index (Phi) is 4.32. The third kappa shape index (κ3) is 2.39. The number of nitrogens with one attached hydrogen (secondary N) is 1. The fraction of sp³-hybridized carbons (Fsp3) is 0.600. The van der Waals surface area contributed by atoms with E-state index in [0.717, 1.165) is 31.0 Å². The number of benzene rings is 1. The first kappa shape index (κ1) is 14.7. The highest BCUT2D eigenvalue weighted by Gasteiger charge is 2.54. The quantitative estimate of drug-likeness (QED) is 0.879. The van der Waals surface area contributed by atoms with E-state index in [0.29, 0.717) is 18.4 Å². The molecule has 0 radical (unpaired) electrons. The van der Waals surface area contributed by atoms with Gasteiger partial charge in [0.2, 0.25) is 0 Å². The van der Waals surface area contributed by atoms with Crippen LogP contribution in [0, 0.1) is 5.82 Å². The summed E-state index contributed by atoms with van der Waals surface area (Å²) < 4.78 is 13.8. The van der Waals surface area contributed by atoms with Crippen molar-refractivity contribution in [3.63, 3.8) is 0 Å². The van der Waals surface area contributed by atoms with Crippen LogP contribution in [-0.2, 0) is 4.08 Å². The Morgan fingerprint density at radius 2 is 1.75 bits per heavy atom. The lowest BCUT2D eigenvalue weighted by Gasteiger charge is -2.50. The molecule has 2 fully saturated rings. The molecule has 2 aliphatic rings. The summed E-state index contributed by atoms with van der Waals surface area (Å²) in [6, 6.07) is 6.95. The van der Waals surface area contributed by atoms with E-state index in [-0.39, 0.29) is 5.82 Å². The van der Waals surface area contributed by atoms with Gasteiger partial charge in [-0.15, -0.1) is 23.5 Å². The predicted octanol–water partition coefficient (Wildman–Crippen LogP) is 2.96. The lowest BCUT2D eigenvalue weighted by atomic mass is 9.84. The van der Waals surface area contributed by atoms with Crippen LogP contribution in [0.1, 0.15) is 24.8 Å². The van der Waals surface area contributed by atoms with Gasteiger partial charge in [0, 0.05) is 5.56 Å². The lowest BCUT2D eigenvalue weighted by molar-refractivity contribution is -0.00305. The number of piperidine rings is 1. The van der Waals surface area contributed by atoms with Gasteiger partial charge in [-0.25, -0.2) is 4.39 Å². The molecule has 2 N–H and O–H groups in total. The minimum Gasteiger partial charge on any atom is -0.387 e. The molecule has 3 rings (SSSR count). The van der Waals surface area contributed by atoms with Crippen molar-refractivity contribution < 1.29 is 9.50 Å². The third-order valence-electron chi connectivity index (χ3n) is 4.17. The molecule has 2 heterocycles. The van der Waals surface area contributed by atoms with Crippen molar-refractivity contribution in [2.24, 2.45) is 0 Å². The molecule has 0 aromatic heterocycles. The Hall–Kier alpha value is -0.230. The molecule has 1 aromatic carbocycles. The highest BCUT2D eigenvalue weighted by atomic mass is 32.2. The van der Waals surface area contributed by atoms with Gasteiger partial charge in [-0.1, -0.05) is 18.2 Å². The Balaban J connectivity index is 2.06. The molecule has 0 unspecified atom stereocenters. The maximum atomic E-state index is 14.4. The van der Waals surface area contributed by atoms with Gasteiger partial charge in [0.15, 0.2) is 0 Å². The van der Waals surface area contributed by atoms with Crippen molar-refractivity contribution in [3.05, 3.63) is 35.6 Å². The second kappa shape index (κ2) is 5.87. The monoisotopic (exact) mass is 313 g/mol. The molecule has 2 nitrogen and oxygen atoms in total. The van der Waals surface area contributed by atoms with Crippen molar-refractivity contribution in [2.45, 2.75) is 28.9 Å². The molecule has 1 aromatic rings. The standard InChI is InChI=1S/C15H20FNOS2/c16-13-5-2-1-4-12(13)15(19-10-3-11-20-15)14(18)6-8-17-9-7-14/h1-2,4-5,17-18H,3,6-11H2. The number of thioether (sulfide) groups is 2. The summed E-state index contributed by atoms with van der Waals surface area (Å²) in [7, 11) is 0. The van der Waals surface area contributed by atoms with E-state index < -0.39 is 9.68 Å². The second-order valence-electron chi connectivity index (χ2n) is 5.43. The first-order valence-electron chi connectivity index (χ1n) is 7.14. The van der Waals surface area contributed by atoms with E-state index in [9.17, 15) is 9.50 Å². The third-order valence-corrected chi connectivity index (χ3v) is 7.88. The van der Waals surface area contributed by atoms with Gasteiger partial charge >= 0.3 is 0 Å². The number of hydrogen-bond acceptors (Lipinski definition) is 4. The lowest BCUT2D eigenvalue weighted by Crippen LogP contribution is -2.55. The SMILES string of the molecule is OC1(C2(c3ccccc3F)SCCCS2)CCNCC1. The van der Waals surface area contributed by atoms with Gasteiger partial charge in [0.05, 0.1) is 5.60 Å². The predicted molar refractivity (Wildman–Crippen MR) is 84.7 cm³/mol. The molecular formula is C15H20FNOS2. The van der Waals surface area contributed by atoms with E-state index in [4.69, 9.17) is 0 Å². The fourth-order valence-electron chi connectivity index (χ4n) is 3.10. The molecule has 0 atom stereocenters. The number of aliphatic hydroxyl groups is 1. The maximum Gasteiger partial charge on any atom is 0.128 e. The van der Waals surface area contributed by atoms with Crippen LogP contribution in [0.25, 0.3) is 0 Å². The van der Waals surface area contributed by atoms with E-state index in [1.54, 1.807) is 29.6 Å². The zero-order chi connectivity index (χ0) is 14.1. The van der Waals surface area contributed by atoms with Crippen molar-refractivity contribution in [1.29, 1.82) is 0 Å². The fourth-order valence-corrected chi connectivity index (χ4v) is 6.86. The Morgan fingerprint density at radius 3 is 2.40 bits per heavy atom. The van der Waals surface area contributed by atoms with Crippen LogP contribution < -0.4 is 5.32 Å². The Bertz CT molecular complexity index is 471. The van der Waals surface area contributed by atoms with Crippen LogP contribution >= 0.6 is 23.5 Å². The zero-order valence-corrected chi connectivity index (χ0v) is 13.0. The van der Waals surface area contributed by atoms with Crippen molar-refractivity contribution in [3.8, 4) is 0 Å². The Labute approximate surface area is 127 Å². The average molecular weight is 313 g/mol. The summed E-state index contributed by atoms with van der Waals surface area (Å²) in [5.41, 5.74) is -0.171. The average Bonchev–Trinajstić information content (AvgIpc) is 2.49. The summed E-state index contributed by atoms with van der Waals surface area (Å²) in [4.78, 5) is 0. The van der Waals surface area contributed by atoms with Gasteiger partial charge in [-0.2, -0.15) is 0 Å². The molecular weight excluding hydrogens is 293 g/mol. The summed E-state index contributed by atoms with van der Waals surface area (Å²) in [6.45, 7) is 1.60. The van der Waals surface area contributed by atoms with Crippen LogP contribution in [0.3, 0.4) is 0 Å². The van der Waals surface area contributed by atoms with E-state index in [2.05, 4.69) is 5.32 Å². The van der Waals surface area contributed by atoms with Crippen LogP contribution in [0.5, 0.6) is 0 Å². The first-order chi connectivity index (χ1) is 9.68. The van der Waals surface area contributed by atoms with Crippen LogP contribution in [0.2, 0.25) is 0 Å². The molecule has 0 saturated carbocycles. The normalized spacial score (nSPS) is 25.3. The molecule has 20 heavy (non-hydrogen) atoms. The summed E-state index contributed by atoms with van der Waals surface area (Å²) in [6.07, 6.45) is 2.49. The molecule has 0 amide bonds. The molecule has 0 bridgehead atoms. The van der Waals surface area contributed by atoms with E-state index >= 15 is 0 Å². The first-order valence-corrected chi connectivity index (χ1v) is 9.11. The van der Waals surface area contributed by atoms with Crippen LogP contribution in [-0.4, -0.2) is 35.3 Å².